The van der Waals surface area contributed by atoms with Gasteiger partial charge in [0.2, 0.25) is 0 Å². The Morgan fingerprint density at radius 1 is 1.10 bits per heavy atom. The van der Waals surface area contributed by atoms with Crippen LogP contribution in [0.1, 0.15) is 11.1 Å². The van der Waals surface area contributed by atoms with Crippen molar-refractivity contribution in [2.75, 3.05) is 6.54 Å². The van der Waals surface area contributed by atoms with E-state index in [1.165, 1.54) is 5.56 Å². The highest BCUT2D eigenvalue weighted by molar-refractivity contribution is 6.31. The van der Waals surface area contributed by atoms with E-state index in [2.05, 4.69) is 24.0 Å². The zero-order valence-electron chi connectivity index (χ0n) is 11.7. The summed E-state index contributed by atoms with van der Waals surface area (Å²) in [6.45, 7) is 5.79. The van der Waals surface area contributed by atoms with Crippen molar-refractivity contribution in [2.24, 2.45) is 0 Å². The van der Waals surface area contributed by atoms with Gasteiger partial charge >= 0.3 is 0 Å². The van der Waals surface area contributed by atoms with Gasteiger partial charge in [0.15, 0.2) is 0 Å². The summed E-state index contributed by atoms with van der Waals surface area (Å²) >= 11 is 6.09. The summed E-state index contributed by atoms with van der Waals surface area (Å²) in [7, 11) is 0. The first-order valence-corrected chi connectivity index (χ1v) is 6.94. The first kappa shape index (κ1) is 17.6. The van der Waals surface area contributed by atoms with Crippen molar-refractivity contribution in [3.05, 3.63) is 77.3 Å². The van der Waals surface area contributed by atoms with Crippen LogP contribution in [0.15, 0.2) is 61.2 Å². The molecule has 0 fully saturated rings. The van der Waals surface area contributed by atoms with Crippen LogP contribution in [-0.2, 0) is 13.2 Å². The van der Waals surface area contributed by atoms with E-state index in [4.69, 9.17) is 16.3 Å². The van der Waals surface area contributed by atoms with Crippen molar-refractivity contribution in [3.63, 3.8) is 0 Å². The average molecular weight is 324 g/mol. The van der Waals surface area contributed by atoms with Gasteiger partial charge in [-0.05, 0) is 23.8 Å². The van der Waals surface area contributed by atoms with Crippen LogP contribution in [0.5, 0.6) is 5.75 Å². The van der Waals surface area contributed by atoms with Crippen molar-refractivity contribution < 1.29 is 4.74 Å². The highest BCUT2D eigenvalue weighted by Crippen LogP contribution is 2.18. The second-order valence-electron chi connectivity index (χ2n) is 4.44. The third-order valence-electron chi connectivity index (χ3n) is 2.89. The van der Waals surface area contributed by atoms with Crippen LogP contribution in [0.2, 0.25) is 5.02 Å². The molecule has 0 saturated heterocycles. The van der Waals surface area contributed by atoms with Gasteiger partial charge in [-0.25, -0.2) is 0 Å². The lowest BCUT2D eigenvalue weighted by Crippen LogP contribution is -2.12. The normalized spacial score (nSPS) is 9.76. The van der Waals surface area contributed by atoms with Crippen LogP contribution in [0.25, 0.3) is 0 Å². The number of rotatable bonds is 7. The van der Waals surface area contributed by atoms with Crippen molar-refractivity contribution in [2.45, 2.75) is 13.2 Å². The molecule has 0 saturated carbocycles. The molecule has 0 atom stereocenters. The predicted octanol–water partition coefficient (Wildman–Crippen LogP) is 4.62. The molecule has 0 spiro atoms. The summed E-state index contributed by atoms with van der Waals surface area (Å²) in [5.41, 5.74) is 2.21. The van der Waals surface area contributed by atoms with Crippen LogP contribution in [0.3, 0.4) is 0 Å². The molecule has 0 heterocycles. The molecule has 4 heteroatoms. The highest BCUT2D eigenvalue weighted by Gasteiger charge is 2.00. The van der Waals surface area contributed by atoms with Gasteiger partial charge < -0.3 is 10.1 Å². The van der Waals surface area contributed by atoms with Crippen molar-refractivity contribution in [3.8, 4) is 5.75 Å². The summed E-state index contributed by atoms with van der Waals surface area (Å²) in [4.78, 5) is 0. The molecule has 112 valence electrons. The van der Waals surface area contributed by atoms with Crippen LogP contribution in [-0.4, -0.2) is 6.54 Å². The fraction of sp³-hybridized carbons (Fsp3) is 0.176. The molecule has 0 unspecified atom stereocenters. The van der Waals surface area contributed by atoms with E-state index in [0.29, 0.717) is 6.61 Å². The van der Waals surface area contributed by atoms with Crippen molar-refractivity contribution in [1.29, 1.82) is 0 Å². The Morgan fingerprint density at radius 2 is 1.81 bits per heavy atom. The van der Waals surface area contributed by atoms with Crippen LogP contribution in [0.4, 0.5) is 0 Å². The summed E-state index contributed by atoms with van der Waals surface area (Å²) in [5, 5.41) is 3.99. The molecule has 0 bridgehead atoms. The van der Waals surface area contributed by atoms with Gasteiger partial charge in [-0.3, -0.25) is 0 Å². The quantitative estimate of drug-likeness (QED) is 0.593. The molecular formula is C17H19Cl2NO. The van der Waals surface area contributed by atoms with Crippen LogP contribution in [0, 0.1) is 0 Å². The Morgan fingerprint density at radius 3 is 2.48 bits per heavy atom. The second-order valence-corrected chi connectivity index (χ2v) is 4.85. The molecular weight excluding hydrogens is 305 g/mol. The number of halogens is 2. The Hall–Kier alpha value is -1.48. The number of nitrogens with one attached hydrogen (secondary N) is 1. The number of hydrogen-bond acceptors (Lipinski definition) is 2. The maximum atomic E-state index is 6.09. The minimum atomic E-state index is 0. The Kier molecular flexibility index (Phi) is 7.91. The molecule has 0 aliphatic carbocycles. The molecule has 2 aromatic carbocycles. The molecule has 2 aromatic rings. The lowest BCUT2D eigenvalue weighted by molar-refractivity contribution is 0.306. The molecule has 0 aromatic heterocycles. The van der Waals surface area contributed by atoms with Gasteiger partial charge in [0, 0.05) is 23.7 Å². The molecule has 0 aliphatic rings. The Bertz CT molecular complexity index is 555. The second kappa shape index (κ2) is 9.46. The van der Waals surface area contributed by atoms with Gasteiger partial charge in [-0.2, -0.15) is 0 Å². The fourth-order valence-electron chi connectivity index (χ4n) is 1.80. The van der Waals surface area contributed by atoms with Gasteiger partial charge in [0.05, 0.1) is 0 Å². The molecule has 2 nitrogen and oxygen atoms in total. The number of hydrogen-bond donors (Lipinski definition) is 1. The van der Waals surface area contributed by atoms with Crippen molar-refractivity contribution >= 4 is 24.0 Å². The standard InChI is InChI=1S/C17H18ClNO.ClH/c1-2-11-19-12-14-7-9-16(10-8-14)20-13-15-5-3-4-6-17(15)18;/h2-10,19H,1,11-13H2;1H. The summed E-state index contributed by atoms with van der Waals surface area (Å²) in [6.07, 6.45) is 1.85. The van der Waals surface area contributed by atoms with Crippen LogP contribution >= 0.6 is 24.0 Å². The molecule has 21 heavy (non-hydrogen) atoms. The topological polar surface area (TPSA) is 21.3 Å². The minimum Gasteiger partial charge on any atom is -0.489 e. The van der Waals surface area contributed by atoms with E-state index in [-0.39, 0.29) is 12.4 Å². The van der Waals surface area contributed by atoms with E-state index < -0.39 is 0 Å². The van der Waals surface area contributed by atoms with E-state index >= 15 is 0 Å². The maximum absolute atomic E-state index is 6.09. The number of benzene rings is 2. The zero-order valence-corrected chi connectivity index (χ0v) is 13.3. The summed E-state index contributed by atoms with van der Waals surface area (Å²) in [6, 6.07) is 15.8. The maximum Gasteiger partial charge on any atom is 0.119 e. The lowest BCUT2D eigenvalue weighted by atomic mass is 10.2. The first-order chi connectivity index (χ1) is 9.79. The Labute approximate surface area is 137 Å². The van der Waals surface area contributed by atoms with Crippen molar-refractivity contribution in [1.82, 2.24) is 5.32 Å². The Balaban J connectivity index is 0.00000220. The smallest absolute Gasteiger partial charge is 0.119 e. The molecule has 0 radical (unpaired) electrons. The minimum absolute atomic E-state index is 0. The van der Waals surface area contributed by atoms with Gasteiger partial charge in [-0.1, -0.05) is 48.0 Å². The van der Waals surface area contributed by atoms with Gasteiger partial charge in [0.25, 0.3) is 0 Å². The summed E-state index contributed by atoms with van der Waals surface area (Å²) < 4.78 is 5.73. The largest absolute Gasteiger partial charge is 0.489 e. The average Bonchev–Trinajstić information content (AvgIpc) is 2.48. The lowest BCUT2D eigenvalue weighted by Gasteiger charge is -2.08. The van der Waals surface area contributed by atoms with Crippen LogP contribution < -0.4 is 10.1 Å². The molecule has 2 rings (SSSR count). The van der Waals surface area contributed by atoms with E-state index in [1.807, 2.05) is 42.5 Å². The molecule has 0 amide bonds. The zero-order chi connectivity index (χ0) is 14.2. The third kappa shape index (κ3) is 5.80. The van der Waals surface area contributed by atoms with Gasteiger partial charge in [-0.15, -0.1) is 19.0 Å². The fourth-order valence-corrected chi connectivity index (χ4v) is 1.99. The van der Waals surface area contributed by atoms with Gasteiger partial charge in [0.1, 0.15) is 12.4 Å². The predicted molar refractivity (Wildman–Crippen MR) is 91.4 cm³/mol. The first-order valence-electron chi connectivity index (χ1n) is 6.56. The van der Waals surface area contributed by atoms with E-state index in [9.17, 15) is 0 Å². The number of ether oxygens (including phenoxy) is 1. The third-order valence-corrected chi connectivity index (χ3v) is 3.26. The molecule has 0 aliphatic heterocycles. The monoisotopic (exact) mass is 323 g/mol. The van der Waals surface area contributed by atoms with E-state index in [1.54, 1.807) is 0 Å². The molecule has 1 N–H and O–H groups in total. The SMILES string of the molecule is C=CCNCc1ccc(OCc2ccccc2Cl)cc1.Cl. The van der Waals surface area contributed by atoms with E-state index in [0.717, 1.165) is 29.4 Å². The summed E-state index contributed by atoms with van der Waals surface area (Å²) in [5.74, 6) is 0.845. The highest BCUT2D eigenvalue weighted by atomic mass is 35.5.